The second-order valence-electron chi connectivity index (χ2n) is 17.3. The van der Waals surface area contributed by atoms with Crippen molar-refractivity contribution in [1.29, 1.82) is 0 Å². The molecule has 2 nitrogen and oxygen atoms in total. The first-order valence-corrected chi connectivity index (χ1v) is 21.9. The van der Waals surface area contributed by atoms with E-state index in [2.05, 4.69) is 195 Å². The number of rotatable bonds is 2. The molecule has 8 aromatic carbocycles. The quantitative estimate of drug-likeness (QED) is 0.165. The Kier molecular flexibility index (Phi) is 6.37. The Labute approximate surface area is 343 Å². The summed E-state index contributed by atoms with van der Waals surface area (Å²) in [5.74, 6) is 0. The molecule has 0 atom stereocenters. The molecule has 0 saturated heterocycles. The Balaban J connectivity index is 1.09. The summed E-state index contributed by atoms with van der Waals surface area (Å²) in [6.45, 7) is 9.81. The highest BCUT2D eigenvalue weighted by molar-refractivity contribution is 7.26. The van der Waals surface area contributed by atoms with E-state index in [1.807, 2.05) is 22.7 Å². The lowest BCUT2D eigenvalue weighted by atomic mass is 9.59. The van der Waals surface area contributed by atoms with E-state index in [0.717, 1.165) is 0 Å². The van der Waals surface area contributed by atoms with E-state index in [-0.39, 0.29) is 10.8 Å². The first kappa shape index (κ1) is 32.8. The van der Waals surface area contributed by atoms with Crippen LogP contribution in [0.25, 0.3) is 95.3 Å². The van der Waals surface area contributed by atoms with Crippen LogP contribution in [0.2, 0.25) is 0 Å². The second kappa shape index (κ2) is 11.3. The van der Waals surface area contributed by atoms with E-state index in [1.54, 1.807) is 0 Å². The number of hydrogen-bond acceptors (Lipinski definition) is 2. The monoisotopic (exact) mass is 778 g/mol. The second-order valence-corrected chi connectivity index (χ2v) is 19.4. The van der Waals surface area contributed by atoms with Gasteiger partial charge in [0.2, 0.25) is 0 Å². The van der Waals surface area contributed by atoms with Crippen LogP contribution < -0.4 is 0 Å². The van der Waals surface area contributed by atoms with Crippen LogP contribution in [0.1, 0.15) is 49.9 Å². The van der Waals surface area contributed by atoms with Crippen molar-refractivity contribution in [2.75, 3.05) is 0 Å². The fraction of sp³-hybridized carbons (Fsp3) is 0.111. The molecule has 4 aromatic heterocycles. The third-order valence-electron chi connectivity index (χ3n) is 13.6. The highest BCUT2D eigenvalue weighted by Crippen LogP contribution is 2.54. The minimum Gasteiger partial charge on any atom is -0.308 e. The van der Waals surface area contributed by atoms with Crippen LogP contribution in [0.5, 0.6) is 0 Å². The molecule has 4 heteroatoms. The van der Waals surface area contributed by atoms with E-state index in [0.29, 0.717) is 0 Å². The minimum absolute atomic E-state index is 0.248. The topological polar surface area (TPSA) is 9.86 Å². The maximum Gasteiger partial charge on any atom is 0.0640 e. The molecule has 1 aliphatic rings. The largest absolute Gasteiger partial charge is 0.308 e. The molecular formula is C54H38N2S2. The fourth-order valence-electron chi connectivity index (χ4n) is 10.7. The summed E-state index contributed by atoms with van der Waals surface area (Å²) in [5, 5.41) is 10.5. The molecule has 0 saturated carbocycles. The zero-order valence-corrected chi connectivity index (χ0v) is 34.4. The Hall–Kier alpha value is -6.20. The van der Waals surface area contributed by atoms with Crippen LogP contribution in [0.4, 0.5) is 0 Å². The SMILES string of the molecule is CC1(C)c2cc3c4ccccc4n(-c4cccc5c4sc4ccccc45)c3cc2C(C)(C)c2cc3c4ccccc4n(-c4cccc5c4sc4ccccc45)c3cc21. The molecule has 0 unspecified atom stereocenters. The summed E-state index contributed by atoms with van der Waals surface area (Å²) in [6.07, 6.45) is 0. The van der Waals surface area contributed by atoms with Crippen molar-refractivity contribution in [2.24, 2.45) is 0 Å². The van der Waals surface area contributed by atoms with Crippen molar-refractivity contribution in [3.05, 3.63) is 180 Å². The molecule has 0 spiro atoms. The van der Waals surface area contributed by atoms with Gasteiger partial charge in [0.05, 0.1) is 42.8 Å². The van der Waals surface area contributed by atoms with Gasteiger partial charge in [0.15, 0.2) is 0 Å². The summed E-state index contributed by atoms with van der Waals surface area (Å²) in [6, 6.07) is 59.6. The molecule has 12 aromatic rings. The minimum atomic E-state index is -0.248. The molecule has 58 heavy (non-hydrogen) atoms. The molecular weight excluding hydrogens is 741 g/mol. The van der Waals surface area contributed by atoms with Gasteiger partial charge < -0.3 is 9.13 Å². The number of hydrogen-bond donors (Lipinski definition) is 0. The Morgan fingerprint density at radius 3 is 1.14 bits per heavy atom. The average molecular weight is 779 g/mol. The smallest absolute Gasteiger partial charge is 0.0640 e. The molecule has 0 amide bonds. The molecule has 1 aliphatic carbocycles. The zero-order chi connectivity index (χ0) is 38.7. The Bertz CT molecular complexity index is 3500. The van der Waals surface area contributed by atoms with Crippen molar-refractivity contribution in [3.63, 3.8) is 0 Å². The third-order valence-corrected chi connectivity index (χ3v) is 16.0. The van der Waals surface area contributed by atoms with Crippen LogP contribution >= 0.6 is 22.7 Å². The maximum atomic E-state index is 2.55. The predicted octanol–water partition coefficient (Wildman–Crippen LogP) is 15.6. The van der Waals surface area contributed by atoms with Crippen molar-refractivity contribution >= 4 is 107 Å². The molecule has 0 bridgehead atoms. The van der Waals surface area contributed by atoms with E-state index in [4.69, 9.17) is 0 Å². The van der Waals surface area contributed by atoms with Gasteiger partial charge in [0.25, 0.3) is 0 Å². The first-order valence-electron chi connectivity index (χ1n) is 20.3. The molecule has 0 aliphatic heterocycles. The lowest BCUT2D eigenvalue weighted by Gasteiger charge is -2.44. The highest BCUT2D eigenvalue weighted by atomic mass is 32.1. The summed E-state index contributed by atoms with van der Waals surface area (Å²) < 4.78 is 10.4. The number of thiophene rings is 2. The van der Waals surface area contributed by atoms with Gasteiger partial charge in [0, 0.05) is 63.3 Å². The van der Waals surface area contributed by atoms with Gasteiger partial charge in [-0.3, -0.25) is 0 Å². The Morgan fingerprint density at radius 1 is 0.328 bits per heavy atom. The normalized spacial score (nSPS) is 14.8. The van der Waals surface area contributed by atoms with Gasteiger partial charge in [-0.15, -0.1) is 22.7 Å². The number of nitrogens with zero attached hydrogens (tertiary/aromatic N) is 2. The van der Waals surface area contributed by atoms with Crippen LogP contribution in [0.3, 0.4) is 0 Å². The van der Waals surface area contributed by atoms with Crippen LogP contribution in [0.15, 0.2) is 158 Å². The molecule has 4 heterocycles. The number of aromatic nitrogens is 2. The maximum absolute atomic E-state index is 2.55. The summed E-state index contributed by atoms with van der Waals surface area (Å²) in [5.41, 5.74) is 12.7. The summed E-state index contributed by atoms with van der Waals surface area (Å²) in [7, 11) is 0. The van der Waals surface area contributed by atoms with E-state index >= 15 is 0 Å². The molecule has 0 fully saturated rings. The summed E-state index contributed by atoms with van der Waals surface area (Å²) >= 11 is 3.81. The van der Waals surface area contributed by atoms with Crippen LogP contribution in [-0.4, -0.2) is 9.13 Å². The van der Waals surface area contributed by atoms with Crippen LogP contribution in [0, 0.1) is 0 Å². The van der Waals surface area contributed by atoms with Gasteiger partial charge in [-0.05, 0) is 82.9 Å². The molecule has 0 N–H and O–H groups in total. The zero-order valence-electron chi connectivity index (χ0n) is 32.7. The van der Waals surface area contributed by atoms with Gasteiger partial charge in [-0.25, -0.2) is 0 Å². The highest BCUT2D eigenvalue weighted by Gasteiger charge is 2.43. The van der Waals surface area contributed by atoms with Gasteiger partial charge in [-0.2, -0.15) is 0 Å². The number of fused-ring (bicyclic) bond motifs is 14. The standard InChI is InChI=1S/C54H38N2S2/c1-53(2)39-27-37-31-15-5-9-21-43(31)56(46-24-14-20-36-34-18-8-12-26-50(34)58-52(36)46)48(37)30-42(39)54(3,4)40-28-38-32-16-6-10-22-44(32)55(47(38)29-41(40)53)45-23-13-19-35-33-17-7-11-25-49(33)57-51(35)45/h5-30H,1-4H3. The van der Waals surface area contributed by atoms with Crippen molar-refractivity contribution < 1.29 is 0 Å². The third kappa shape index (κ3) is 4.11. The average Bonchev–Trinajstić information content (AvgIpc) is 4.00. The van der Waals surface area contributed by atoms with Gasteiger partial charge >= 0.3 is 0 Å². The lowest BCUT2D eigenvalue weighted by Crippen LogP contribution is -2.36. The van der Waals surface area contributed by atoms with E-state index in [9.17, 15) is 0 Å². The fourth-order valence-corrected chi connectivity index (χ4v) is 13.1. The molecule has 0 radical (unpaired) electrons. The summed E-state index contributed by atoms with van der Waals surface area (Å²) in [4.78, 5) is 0. The van der Waals surface area contributed by atoms with Crippen LogP contribution in [-0.2, 0) is 10.8 Å². The van der Waals surface area contributed by atoms with Crippen molar-refractivity contribution in [3.8, 4) is 11.4 Å². The molecule has 13 rings (SSSR count). The predicted molar refractivity (Wildman–Crippen MR) is 252 cm³/mol. The van der Waals surface area contributed by atoms with Gasteiger partial charge in [0.1, 0.15) is 0 Å². The Morgan fingerprint density at radius 2 is 0.690 bits per heavy atom. The molecule has 276 valence electrons. The van der Waals surface area contributed by atoms with E-state index in [1.165, 1.54) is 118 Å². The first-order chi connectivity index (χ1) is 28.3. The number of para-hydroxylation sites is 2. The lowest BCUT2D eigenvalue weighted by molar-refractivity contribution is 0.523. The van der Waals surface area contributed by atoms with Gasteiger partial charge in [-0.1, -0.05) is 125 Å². The van der Waals surface area contributed by atoms with Crippen molar-refractivity contribution in [2.45, 2.75) is 38.5 Å². The van der Waals surface area contributed by atoms with E-state index < -0.39 is 0 Å². The number of benzene rings is 8. The van der Waals surface area contributed by atoms with Crippen molar-refractivity contribution in [1.82, 2.24) is 9.13 Å².